The Kier molecular flexibility index (Phi) is 4.16. The lowest BCUT2D eigenvalue weighted by Gasteiger charge is -2.08. The maximum absolute atomic E-state index is 10.8. The van der Waals surface area contributed by atoms with Gasteiger partial charge in [-0.15, -0.1) is 0 Å². The third kappa shape index (κ3) is 3.05. The van der Waals surface area contributed by atoms with Crippen molar-refractivity contribution in [3.63, 3.8) is 0 Å². The number of hydrazone groups is 1. The summed E-state index contributed by atoms with van der Waals surface area (Å²) in [5.74, 6) is -0.778. The van der Waals surface area contributed by atoms with E-state index in [0.29, 0.717) is 17.0 Å². The maximum Gasteiger partial charge on any atom is 0.335 e. The number of aromatic carboxylic acids is 1. The summed E-state index contributed by atoms with van der Waals surface area (Å²) in [6, 6.07) is 17.6. The number of phenolic OH excluding ortho intramolecular Hbond substituents is 1. The zero-order valence-electron chi connectivity index (χ0n) is 13.0. The largest absolute Gasteiger partial charge is 0.507 e. The van der Waals surface area contributed by atoms with E-state index in [1.165, 1.54) is 12.1 Å². The first-order chi connectivity index (χ1) is 11.6. The molecule has 0 spiro atoms. The molecule has 3 aromatic rings. The molecule has 3 N–H and O–H groups in total. The van der Waals surface area contributed by atoms with Crippen LogP contribution in [0.3, 0.4) is 0 Å². The second-order valence-corrected chi connectivity index (χ2v) is 5.37. The highest BCUT2D eigenvalue weighted by Crippen LogP contribution is 2.29. The second-order valence-electron chi connectivity index (χ2n) is 5.37. The third-order valence-corrected chi connectivity index (χ3v) is 3.77. The minimum atomic E-state index is -0.970. The Morgan fingerprint density at radius 1 is 1.00 bits per heavy atom. The van der Waals surface area contributed by atoms with E-state index in [2.05, 4.69) is 10.5 Å². The molecule has 0 amide bonds. The first kappa shape index (κ1) is 15.6. The molecule has 0 saturated heterocycles. The van der Waals surface area contributed by atoms with Crippen LogP contribution in [0.2, 0.25) is 0 Å². The van der Waals surface area contributed by atoms with Crippen LogP contribution < -0.4 is 5.43 Å². The fourth-order valence-electron chi connectivity index (χ4n) is 2.44. The van der Waals surface area contributed by atoms with Crippen molar-refractivity contribution >= 4 is 28.1 Å². The Morgan fingerprint density at radius 3 is 2.42 bits per heavy atom. The molecule has 24 heavy (non-hydrogen) atoms. The first-order valence-electron chi connectivity index (χ1n) is 7.41. The molecule has 0 radical (unpaired) electrons. The average Bonchev–Trinajstić information content (AvgIpc) is 2.60. The molecule has 5 nitrogen and oxygen atoms in total. The number of rotatable bonds is 4. The van der Waals surface area contributed by atoms with Crippen molar-refractivity contribution in [2.45, 2.75) is 6.92 Å². The van der Waals surface area contributed by atoms with Gasteiger partial charge < -0.3 is 10.2 Å². The number of benzene rings is 3. The standard InChI is InChI=1S/C19H16N2O3/c1-12(20-21-15-9-6-14(7-10-15)19(23)24)16-11-8-13-4-2-3-5-17(13)18(16)22/h2-11,21-22H,1H3,(H,23,24)/b20-12+. The molecule has 0 fully saturated rings. The summed E-state index contributed by atoms with van der Waals surface area (Å²) in [6.45, 7) is 1.79. The van der Waals surface area contributed by atoms with Crippen LogP contribution in [0.4, 0.5) is 5.69 Å². The summed E-state index contributed by atoms with van der Waals surface area (Å²) in [6.07, 6.45) is 0. The number of nitrogens with zero attached hydrogens (tertiary/aromatic N) is 1. The highest BCUT2D eigenvalue weighted by Gasteiger charge is 2.09. The summed E-state index contributed by atoms with van der Waals surface area (Å²) in [5, 5.41) is 25.3. The van der Waals surface area contributed by atoms with Gasteiger partial charge in [0.25, 0.3) is 0 Å². The molecule has 0 saturated carbocycles. The minimum Gasteiger partial charge on any atom is -0.507 e. The molecule has 0 unspecified atom stereocenters. The number of aromatic hydroxyl groups is 1. The molecule has 0 aliphatic heterocycles. The number of fused-ring (bicyclic) bond motifs is 1. The summed E-state index contributed by atoms with van der Waals surface area (Å²) >= 11 is 0. The molecular weight excluding hydrogens is 304 g/mol. The van der Waals surface area contributed by atoms with Crippen LogP contribution in [0.1, 0.15) is 22.8 Å². The van der Waals surface area contributed by atoms with Crippen LogP contribution in [0, 0.1) is 0 Å². The Balaban J connectivity index is 1.85. The molecule has 0 aromatic heterocycles. The van der Waals surface area contributed by atoms with Gasteiger partial charge in [-0.25, -0.2) is 4.79 Å². The monoisotopic (exact) mass is 320 g/mol. The number of hydrogen-bond acceptors (Lipinski definition) is 4. The van der Waals surface area contributed by atoms with Crippen molar-refractivity contribution in [1.82, 2.24) is 0 Å². The fourth-order valence-corrected chi connectivity index (χ4v) is 2.44. The fraction of sp³-hybridized carbons (Fsp3) is 0.0526. The Bertz CT molecular complexity index is 931. The maximum atomic E-state index is 10.8. The van der Waals surface area contributed by atoms with E-state index in [1.807, 2.05) is 36.4 Å². The second kappa shape index (κ2) is 6.42. The summed E-state index contributed by atoms with van der Waals surface area (Å²) in [4.78, 5) is 10.8. The predicted molar refractivity (Wildman–Crippen MR) is 94.8 cm³/mol. The van der Waals surface area contributed by atoms with Crippen molar-refractivity contribution in [2.75, 3.05) is 5.43 Å². The van der Waals surface area contributed by atoms with Crippen LogP contribution in [0.25, 0.3) is 10.8 Å². The van der Waals surface area contributed by atoms with E-state index >= 15 is 0 Å². The minimum absolute atomic E-state index is 0.192. The first-order valence-corrected chi connectivity index (χ1v) is 7.41. The molecule has 120 valence electrons. The molecule has 5 heteroatoms. The summed E-state index contributed by atoms with van der Waals surface area (Å²) in [7, 11) is 0. The molecule has 0 bridgehead atoms. The van der Waals surface area contributed by atoms with Gasteiger partial charge in [0, 0.05) is 10.9 Å². The predicted octanol–water partition coefficient (Wildman–Crippen LogP) is 4.08. The number of carboxylic acid groups (broad SMARTS) is 1. The van der Waals surface area contributed by atoms with Gasteiger partial charge in [-0.05, 0) is 42.6 Å². The zero-order valence-corrected chi connectivity index (χ0v) is 13.0. The van der Waals surface area contributed by atoms with E-state index in [0.717, 1.165) is 10.8 Å². The van der Waals surface area contributed by atoms with Gasteiger partial charge in [0.1, 0.15) is 5.75 Å². The number of nitrogens with one attached hydrogen (secondary N) is 1. The van der Waals surface area contributed by atoms with Crippen LogP contribution in [0.5, 0.6) is 5.75 Å². The Morgan fingerprint density at radius 2 is 1.71 bits per heavy atom. The molecule has 0 aliphatic carbocycles. The number of carbonyl (C=O) groups is 1. The lowest BCUT2D eigenvalue weighted by molar-refractivity contribution is 0.0697. The Labute approximate surface area is 138 Å². The summed E-state index contributed by atoms with van der Waals surface area (Å²) < 4.78 is 0. The van der Waals surface area contributed by atoms with Crippen LogP contribution in [-0.4, -0.2) is 21.9 Å². The van der Waals surface area contributed by atoms with E-state index in [9.17, 15) is 9.90 Å². The number of anilines is 1. The number of carboxylic acids is 1. The number of phenols is 1. The average molecular weight is 320 g/mol. The quantitative estimate of drug-likeness (QED) is 0.500. The lowest BCUT2D eigenvalue weighted by atomic mass is 10.0. The van der Waals surface area contributed by atoms with E-state index in [1.54, 1.807) is 19.1 Å². The number of hydrogen-bond donors (Lipinski definition) is 3. The molecule has 3 aromatic carbocycles. The van der Waals surface area contributed by atoms with Crippen LogP contribution in [0.15, 0.2) is 65.8 Å². The van der Waals surface area contributed by atoms with Crippen molar-refractivity contribution < 1.29 is 15.0 Å². The van der Waals surface area contributed by atoms with E-state index in [-0.39, 0.29) is 11.3 Å². The normalized spacial score (nSPS) is 11.5. The summed E-state index contributed by atoms with van der Waals surface area (Å²) in [5.41, 5.74) is 5.02. The van der Waals surface area contributed by atoms with Gasteiger partial charge in [0.05, 0.1) is 17.0 Å². The Hall–Kier alpha value is -3.34. The van der Waals surface area contributed by atoms with Gasteiger partial charge in [-0.1, -0.05) is 30.3 Å². The molecule has 3 rings (SSSR count). The van der Waals surface area contributed by atoms with Crippen LogP contribution >= 0.6 is 0 Å². The smallest absolute Gasteiger partial charge is 0.335 e. The van der Waals surface area contributed by atoms with Gasteiger partial charge in [0.15, 0.2) is 0 Å². The van der Waals surface area contributed by atoms with Gasteiger partial charge in [0.2, 0.25) is 0 Å². The van der Waals surface area contributed by atoms with Crippen molar-refractivity contribution in [2.24, 2.45) is 5.10 Å². The van der Waals surface area contributed by atoms with Crippen molar-refractivity contribution in [3.8, 4) is 5.75 Å². The third-order valence-electron chi connectivity index (χ3n) is 3.77. The van der Waals surface area contributed by atoms with E-state index < -0.39 is 5.97 Å². The van der Waals surface area contributed by atoms with Crippen molar-refractivity contribution in [3.05, 3.63) is 71.8 Å². The topological polar surface area (TPSA) is 81.9 Å². The van der Waals surface area contributed by atoms with Crippen molar-refractivity contribution in [1.29, 1.82) is 0 Å². The molecular formula is C19H16N2O3. The van der Waals surface area contributed by atoms with Crippen LogP contribution in [-0.2, 0) is 0 Å². The molecule has 0 aliphatic rings. The van der Waals surface area contributed by atoms with Gasteiger partial charge >= 0.3 is 5.97 Å². The lowest BCUT2D eigenvalue weighted by Crippen LogP contribution is -2.01. The molecule has 0 atom stereocenters. The highest BCUT2D eigenvalue weighted by molar-refractivity contribution is 6.06. The van der Waals surface area contributed by atoms with Gasteiger partial charge in [-0.3, -0.25) is 5.43 Å². The zero-order chi connectivity index (χ0) is 17.1. The highest BCUT2D eigenvalue weighted by atomic mass is 16.4. The van der Waals surface area contributed by atoms with E-state index in [4.69, 9.17) is 5.11 Å². The van der Waals surface area contributed by atoms with Gasteiger partial charge in [-0.2, -0.15) is 5.10 Å². The SMILES string of the molecule is C/C(=N\Nc1ccc(C(=O)O)cc1)c1ccc2ccccc2c1O. The molecule has 0 heterocycles.